The molecule has 3 atom stereocenters. The molecular weight excluding hydrogens is 292 g/mol. The number of ketones is 1. The summed E-state index contributed by atoms with van der Waals surface area (Å²) < 4.78 is 6.01. The van der Waals surface area contributed by atoms with Crippen LogP contribution in [0.25, 0.3) is 0 Å². The minimum atomic E-state index is -1.45. The topological polar surface area (TPSA) is 63.6 Å². The van der Waals surface area contributed by atoms with Crippen molar-refractivity contribution in [3.05, 3.63) is 48.6 Å². The minimum absolute atomic E-state index is 0.155. The van der Waals surface area contributed by atoms with E-state index in [9.17, 15) is 14.7 Å². The van der Waals surface area contributed by atoms with E-state index in [0.29, 0.717) is 5.56 Å². The fourth-order valence-corrected chi connectivity index (χ4v) is 3.25. The zero-order chi connectivity index (χ0) is 17.3. The minimum Gasteiger partial charge on any atom is -0.480 e. The second-order valence-corrected chi connectivity index (χ2v) is 7.16. The van der Waals surface area contributed by atoms with Crippen molar-refractivity contribution in [2.24, 2.45) is 11.3 Å². The molecule has 1 unspecified atom stereocenters. The summed E-state index contributed by atoms with van der Waals surface area (Å²) in [7, 11) is 0. The second-order valence-electron chi connectivity index (χ2n) is 7.16. The van der Waals surface area contributed by atoms with Crippen LogP contribution in [-0.4, -0.2) is 28.6 Å². The van der Waals surface area contributed by atoms with E-state index in [-0.39, 0.29) is 30.6 Å². The molecule has 0 aromatic heterocycles. The molecule has 124 valence electrons. The molecule has 1 N–H and O–H groups in total. The van der Waals surface area contributed by atoms with Crippen molar-refractivity contribution in [2.75, 3.05) is 0 Å². The highest BCUT2D eigenvalue weighted by molar-refractivity contribution is 6.12. The summed E-state index contributed by atoms with van der Waals surface area (Å²) >= 11 is 0. The number of hydrogen-bond donors (Lipinski definition) is 1. The number of benzene rings is 1. The van der Waals surface area contributed by atoms with E-state index in [1.807, 2.05) is 20.8 Å². The van der Waals surface area contributed by atoms with Gasteiger partial charge in [-0.05, 0) is 33.6 Å². The third-order valence-corrected chi connectivity index (χ3v) is 4.30. The highest BCUT2D eigenvalue weighted by Crippen LogP contribution is 2.47. The maximum atomic E-state index is 12.9. The van der Waals surface area contributed by atoms with Crippen LogP contribution in [0.2, 0.25) is 0 Å². The monoisotopic (exact) mass is 316 g/mol. The van der Waals surface area contributed by atoms with Crippen molar-refractivity contribution in [3.8, 4) is 0 Å². The lowest BCUT2D eigenvalue weighted by molar-refractivity contribution is -0.146. The highest BCUT2D eigenvalue weighted by Gasteiger charge is 2.55. The quantitative estimate of drug-likeness (QED) is 0.511. The third kappa shape index (κ3) is 3.53. The Morgan fingerprint density at radius 1 is 1.26 bits per heavy atom. The largest absolute Gasteiger partial charge is 0.480 e. The predicted molar refractivity (Wildman–Crippen MR) is 88.4 cm³/mol. The lowest BCUT2D eigenvalue weighted by atomic mass is 9.78. The molecule has 0 amide bonds. The summed E-state index contributed by atoms with van der Waals surface area (Å²) in [5, 5.41) is 9.81. The zero-order valence-corrected chi connectivity index (χ0v) is 13.9. The molecular formula is C19H24O4. The van der Waals surface area contributed by atoms with Gasteiger partial charge in [0.15, 0.2) is 5.78 Å². The Morgan fingerprint density at radius 3 is 2.35 bits per heavy atom. The van der Waals surface area contributed by atoms with Crippen molar-refractivity contribution >= 4 is 11.8 Å². The molecule has 1 aromatic carbocycles. The molecule has 1 aliphatic rings. The SMILES string of the molecule is C=C[C@H]1CC(C(=O)O)(C(=O)c2ccccc2)C[C@@H]1OC(C)(C)C. The number of carboxylic acids is 1. The Morgan fingerprint density at radius 2 is 1.87 bits per heavy atom. The highest BCUT2D eigenvalue weighted by atomic mass is 16.5. The Kier molecular flexibility index (Phi) is 4.76. The van der Waals surface area contributed by atoms with Crippen molar-refractivity contribution in [3.63, 3.8) is 0 Å². The van der Waals surface area contributed by atoms with Crippen molar-refractivity contribution in [1.29, 1.82) is 0 Å². The zero-order valence-electron chi connectivity index (χ0n) is 13.9. The Balaban J connectivity index is 2.37. The van der Waals surface area contributed by atoms with Crippen LogP contribution < -0.4 is 0 Å². The molecule has 2 rings (SSSR count). The molecule has 0 radical (unpaired) electrons. The molecule has 23 heavy (non-hydrogen) atoms. The summed E-state index contributed by atoms with van der Waals surface area (Å²) in [5.41, 5.74) is -1.43. The van der Waals surface area contributed by atoms with Gasteiger partial charge in [0, 0.05) is 11.5 Å². The standard InChI is InChI=1S/C19H24O4/c1-5-13-11-19(17(21)22,12-15(13)23-18(2,3)4)16(20)14-9-7-6-8-10-14/h5-10,13,15H,1,11-12H2,2-4H3,(H,21,22)/t13-,15-,19?/m0/s1. The first-order valence-corrected chi connectivity index (χ1v) is 7.83. The smallest absolute Gasteiger partial charge is 0.317 e. The van der Waals surface area contributed by atoms with E-state index in [2.05, 4.69) is 6.58 Å². The van der Waals surface area contributed by atoms with Gasteiger partial charge >= 0.3 is 5.97 Å². The van der Waals surface area contributed by atoms with Gasteiger partial charge in [0.1, 0.15) is 5.41 Å². The van der Waals surface area contributed by atoms with E-state index in [1.165, 1.54) is 0 Å². The molecule has 1 saturated carbocycles. The van der Waals surface area contributed by atoms with Crippen LogP contribution in [0.4, 0.5) is 0 Å². The van der Waals surface area contributed by atoms with Crippen molar-refractivity contribution in [2.45, 2.75) is 45.3 Å². The molecule has 1 aromatic rings. The maximum absolute atomic E-state index is 12.9. The number of Topliss-reactive ketones (excluding diaryl/α,β-unsaturated/α-hetero) is 1. The fraction of sp³-hybridized carbons (Fsp3) is 0.474. The number of ether oxygens (including phenoxy) is 1. The number of hydrogen-bond acceptors (Lipinski definition) is 3. The van der Waals surface area contributed by atoms with Gasteiger partial charge in [-0.15, -0.1) is 6.58 Å². The van der Waals surface area contributed by atoms with Crippen molar-refractivity contribution in [1.82, 2.24) is 0 Å². The van der Waals surface area contributed by atoms with Crippen LogP contribution in [0.5, 0.6) is 0 Å². The van der Waals surface area contributed by atoms with Gasteiger partial charge < -0.3 is 9.84 Å². The lowest BCUT2D eigenvalue weighted by Crippen LogP contribution is -2.38. The summed E-state index contributed by atoms with van der Waals surface area (Å²) in [5.74, 6) is -1.59. The molecule has 1 fully saturated rings. The van der Waals surface area contributed by atoms with Gasteiger partial charge in [-0.25, -0.2) is 0 Å². The third-order valence-electron chi connectivity index (χ3n) is 4.30. The normalized spacial score (nSPS) is 27.6. The average Bonchev–Trinajstić information content (AvgIpc) is 2.85. The number of carboxylic acid groups (broad SMARTS) is 1. The second kappa shape index (κ2) is 6.28. The summed E-state index contributed by atoms with van der Waals surface area (Å²) in [6.07, 6.45) is 1.78. The number of aliphatic carboxylic acids is 1. The predicted octanol–water partition coefficient (Wildman–Crippen LogP) is 3.72. The van der Waals surface area contributed by atoms with Crippen LogP contribution in [0.3, 0.4) is 0 Å². The molecule has 0 heterocycles. The van der Waals surface area contributed by atoms with E-state index < -0.39 is 17.0 Å². The van der Waals surface area contributed by atoms with E-state index in [0.717, 1.165) is 0 Å². The summed E-state index contributed by atoms with van der Waals surface area (Å²) in [4.78, 5) is 24.9. The van der Waals surface area contributed by atoms with Gasteiger partial charge in [-0.3, -0.25) is 9.59 Å². The Hall–Kier alpha value is -1.94. The van der Waals surface area contributed by atoms with Crippen LogP contribution in [0.1, 0.15) is 44.0 Å². The lowest BCUT2D eigenvalue weighted by Gasteiger charge is -2.28. The van der Waals surface area contributed by atoms with E-state index in [1.54, 1.807) is 36.4 Å². The molecule has 1 aliphatic carbocycles. The van der Waals surface area contributed by atoms with E-state index in [4.69, 9.17) is 4.74 Å². The van der Waals surface area contributed by atoms with Gasteiger partial charge in [0.05, 0.1) is 11.7 Å². The first-order valence-electron chi connectivity index (χ1n) is 7.83. The molecule has 0 aliphatic heterocycles. The average molecular weight is 316 g/mol. The molecule has 4 heteroatoms. The first-order chi connectivity index (χ1) is 10.7. The van der Waals surface area contributed by atoms with Crippen LogP contribution in [0, 0.1) is 11.3 Å². The fourth-order valence-electron chi connectivity index (χ4n) is 3.25. The molecule has 0 saturated heterocycles. The maximum Gasteiger partial charge on any atom is 0.317 e. The Bertz CT molecular complexity index is 600. The molecule has 0 bridgehead atoms. The van der Waals surface area contributed by atoms with E-state index >= 15 is 0 Å². The van der Waals surface area contributed by atoms with Crippen molar-refractivity contribution < 1.29 is 19.4 Å². The summed E-state index contributed by atoms with van der Waals surface area (Å²) in [6.45, 7) is 9.57. The van der Waals surface area contributed by atoms with Gasteiger partial charge in [-0.2, -0.15) is 0 Å². The first kappa shape index (κ1) is 17.4. The summed E-state index contributed by atoms with van der Waals surface area (Å²) in [6, 6.07) is 8.61. The van der Waals surface area contributed by atoms with Gasteiger partial charge in [0.2, 0.25) is 0 Å². The Labute approximate surface area is 137 Å². The van der Waals surface area contributed by atoms with Gasteiger partial charge in [-0.1, -0.05) is 36.4 Å². The molecule has 4 nitrogen and oxygen atoms in total. The molecule has 0 spiro atoms. The van der Waals surface area contributed by atoms with Crippen LogP contribution >= 0.6 is 0 Å². The van der Waals surface area contributed by atoms with Gasteiger partial charge in [0.25, 0.3) is 0 Å². The van der Waals surface area contributed by atoms with Crippen LogP contribution in [-0.2, 0) is 9.53 Å². The number of carbonyl (C=O) groups is 2. The van der Waals surface area contributed by atoms with Crippen LogP contribution in [0.15, 0.2) is 43.0 Å². The number of carbonyl (C=O) groups excluding carboxylic acids is 1. The number of rotatable bonds is 5.